The van der Waals surface area contributed by atoms with Crippen molar-refractivity contribution < 1.29 is 9.90 Å². The second kappa shape index (κ2) is 8.02. The predicted molar refractivity (Wildman–Crippen MR) is 125 cm³/mol. The molecule has 2 aliphatic heterocycles. The number of amidine groups is 1. The summed E-state index contributed by atoms with van der Waals surface area (Å²) in [4.78, 5) is 21.0. The number of benzene rings is 1. The molecule has 0 unspecified atom stereocenters. The zero-order valence-electron chi connectivity index (χ0n) is 16.2. The van der Waals surface area contributed by atoms with Gasteiger partial charge in [-0.25, -0.2) is 4.99 Å². The molecule has 1 saturated heterocycles. The van der Waals surface area contributed by atoms with Crippen molar-refractivity contribution in [3.05, 3.63) is 38.1 Å². The van der Waals surface area contributed by atoms with Gasteiger partial charge >= 0.3 is 5.97 Å². The summed E-state index contributed by atoms with van der Waals surface area (Å²) in [7, 11) is 0. The molecule has 0 aliphatic carbocycles. The van der Waals surface area contributed by atoms with Crippen LogP contribution in [-0.4, -0.2) is 59.4 Å². The maximum absolute atomic E-state index is 11.5. The van der Waals surface area contributed by atoms with E-state index in [1.807, 2.05) is 18.2 Å². The van der Waals surface area contributed by atoms with E-state index < -0.39 is 11.4 Å². The Morgan fingerprint density at radius 3 is 2.66 bits per heavy atom. The van der Waals surface area contributed by atoms with Crippen molar-refractivity contribution in [1.29, 1.82) is 0 Å². The Balaban J connectivity index is 1.59. The van der Waals surface area contributed by atoms with Crippen LogP contribution in [0.1, 0.15) is 19.4 Å². The van der Waals surface area contributed by atoms with Gasteiger partial charge in [-0.1, -0.05) is 15.9 Å². The lowest BCUT2D eigenvalue weighted by Gasteiger charge is -2.38. The Bertz CT molecular complexity index is 981. The molecule has 0 bridgehead atoms. The van der Waals surface area contributed by atoms with Crippen LogP contribution in [0.5, 0.6) is 0 Å². The monoisotopic (exact) mass is 540 g/mol. The molecule has 1 aromatic heterocycles. The Morgan fingerprint density at radius 1 is 1.24 bits per heavy atom. The maximum Gasteiger partial charge on any atom is 0.310 e. The topological polar surface area (TPSA) is 68.2 Å². The van der Waals surface area contributed by atoms with Crippen molar-refractivity contribution in [2.24, 2.45) is 10.4 Å². The second-order valence-corrected chi connectivity index (χ2v) is 11.3. The number of carboxylic acid groups (broad SMARTS) is 1. The molecule has 2 N–H and O–H groups in total. The van der Waals surface area contributed by atoms with Crippen LogP contribution in [0.4, 0.5) is 16.4 Å². The third-order valence-electron chi connectivity index (χ3n) is 5.25. The fourth-order valence-corrected chi connectivity index (χ4v) is 5.46. The summed E-state index contributed by atoms with van der Waals surface area (Å²) >= 11 is 8.82. The second-order valence-electron chi connectivity index (χ2n) is 7.97. The quantitative estimate of drug-likeness (QED) is 0.563. The Hall–Kier alpha value is -1.42. The number of hydrogen-bond acceptors (Lipinski definition) is 6. The van der Waals surface area contributed by atoms with Gasteiger partial charge in [0, 0.05) is 37.2 Å². The molecule has 1 fully saturated rings. The van der Waals surface area contributed by atoms with E-state index in [4.69, 9.17) is 4.99 Å². The molecule has 6 nitrogen and oxygen atoms in total. The summed E-state index contributed by atoms with van der Waals surface area (Å²) in [5.74, 6) is 0.206. The van der Waals surface area contributed by atoms with Gasteiger partial charge in [0.2, 0.25) is 0 Å². The van der Waals surface area contributed by atoms with Crippen LogP contribution in [0.25, 0.3) is 0 Å². The van der Waals surface area contributed by atoms with Crippen LogP contribution in [0.15, 0.2) is 37.5 Å². The van der Waals surface area contributed by atoms with Crippen LogP contribution in [0, 0.1) is 5.41 Å². The molecule has 1 aromatic carbocycles. The van der Waals surface area contributed by atoms with Gasteiger partial charge < -0.3 is 15.3 Å². The molecule has 29 heavy (non-hydrogen) atoms. The molecule has 0 saturated carbocycles. The number of fused-ring (bicyclic) bond motifs is 2. The van der Waals surface area contributed by atoms with Gasteiger partial charge in [0.1, 0.15) is 10.8 Å². The lowest BCUT2D eigenvalue weighted by atomic mass is 9.93. The molecule has 0 atom stereocenters. The highest BCUT2D eigenvalue weighted by molar-refractivity contribution is 9.11. The SMILES string of the molecule is CC(C)(CN1CCN(C2=Nc3cc(Br)ccc3Nc3sc(Br)cc32)CC1)C(=O)O. The summed E-state index contributed by atoms with van der Waals surface area (Å²) in [5.41, 5.74) is 2.24. The number of thiophene rings is 1. The van der Waals surface area contributed by atoms with E-state index >= 15 is 0 Å². The fourth-order valence-electron chi connectivity index (χ4n) is 3.61. The summed E-state index contributed by atoms with van der Waals surface area (Å²) in [5, 5.41) is 14.0. The minimum Gasteiger partial charge on any atom is -0.481 e. The van der Waals surface area contributed by atoms with Crippen molar-refractivity contribution in [3.8, 4) is 0 Å². The Kier molecular flexibility index (Phi) is 5.76. The summed E-state index contributed by atoms with van der Waals surface area (Å²) < 4.78 is 2.05. The molecule has 2 aromatic rings. The van der Waals surface area contributed by atoms with E-state index in [1.54, 1.807) is 25.2 Å². The number of carboxylic acids is 1. The Morgan fingerprint density at radius 2 is 1.97 bits per heavy atom. The minimum absolute atomic E-state index is 0.551. The fraction of sp³-hybridized carbons (Fsp3) is 0.400. The largest absolute Gasteiger partial charge is 0.481 e. The number of piperazine rings is 1. The predicted octanol–water partition coefficient (Wildman–Crippen LogP) is 5.14. The van der Waals surface area contributed by atoms with Gasteiger partial charge in [0.05, 0.1) is 26.1 Å². The average molecular weight is 542 g/mol. The van der Waals surface area contributed by atoms with Crippen LogP contribution < -0.4 is 5.32 Å². The molecule has 9 heteroatoms. The molecule has 0 spiro atoms. The van der Waals surface area contributed by atoms with E-state index in [9.17, 15) is 9.90 Å². The number of anilines is 2. The first-order valence-electron chi connectivity index (χ1n) is 9.38. The third kappa shape index (κ3) is 4.38. The average Bonchev–Trinajstić information content (AvgIpc) is 2.95. The highest BCUT2D eigenvalue weighted by atomic mass is 79.9. The molecule has 0 radical (unpaired) electrons. The van der Waals surface area contributed by atoms with Crippen LogP contribution in [-0.2, 0) is 4.79 Å². The van der Waals surface area contributed by atoms with E-state index in [0.717, 1.165) is 62.2 Å². The minimum atomic E-state index is -0.755. The van der Waals surface area contributed by atoms with Gasteiger partial charge in [-0.15, -0.1) is 11.3 Å². The van der Waals surface area contributed by atoms with Gasteiger partial charge in [-0.3, -0.25) is 9.69 Å². The van der Waals surface area contributed by atoms with Gasteiger partial charge in [-0.05, 0) is 54.0 Å². The number of nitrogens with one attached hydrogen (secondary N) is 1. The number of rotatable bonds is 3. The molecular formula is C20H22Br2N4O2S. The van der Waals surface area contributed by atoms with Gasteiger partial charge in [0.15, 0.2) is 0 Å². The Labute approximate surface area is 190 Å². The number of nitrogens with zero attached hydrogens (tertiary/aromatic N) is 3. The van der Waals surface area contributed by atoms with Crippen LogP contribution >= 0.6 is 43.2 Å². The van der Waals surface area contributed by atoms with Crippen molar-refractivity contribution in [2.75, 3.05) is 38.0 Å². The van der Waals surface area contributed by atoms with Crippen molar-refractivity contribution >= 4 is 71.4 Å². The zero-order chi connectivity index (χ0) is 20.8. The lowest BCUT2D eigenvalue weighted by Crippen LogP contribution is -2.52. The van der Waals surface area contributed by atoms with E-state index in [1.165, 1.54) is 0 Å². The summed E-state index contributed by atoms with van der Waals surface area (Å²) in [6.07, 6.45) is 0. The number of aliphatic imine (C=N–C) groups is 1. The van der Waals surface area contributed by atoms with Crippen molar-refractivity contribution in [2.45, 2.75) is 13.8 Å². The number of aliphatic carboxylic acids is 1. The maximum atomic E-state index is 11.5. The molecular weight excluding hydrogens is 520 g/mol. The molecule has 2 aliphatic rings. The van der Waals surface area contributed by atoms with E-state index in [2.05, 4.69) is 53.0 Å². The standard InChI is InChI=1S/C20H22Br2N4O2S/c1-20(2,19(27)28)11-25-5-7-26(8-6-25)17-13-10-16(22)29-18(13)24-14-4-3-12(21)9-15(14)23-17/h3-4,9-10,24H,5-8,11H2,1-2H3,(H,27,28). The number of carbonyl (C=O) groups is 1. The highest BCUT2D eigenvalue weighted by Crippen LogP contribution is 2.42. The first-order chi connectivity index (χ1) is 13.7. The van der Waals surface area contributed by atoms with Crippen molar-refractivity contribution in [3.63, 3.8) is 0 Å². The first-order valence-corrected chi connectivity index (χ1v) is 11.8. The zero-order valence-corrected chi connectivity index (χ0v) is 20.2. The van der Waals surface area contributed by atoms with E-state index in [0.29, 0.717) is 6.54 Å². The smallest absolute Gasteiger partial charge is 0.310 e. The van der Waals surface area contributed by atoms with Crippen molar-refractivity contribution in [1.82, 2.24) is 9.80 Å². The van der Waals surface area contributed by atoms with Crippen LogP contribution in [0.2, 0.25) is 0 Å². The summed E-state index contributed by atoms with van der Waals surface area (Å²) in [6, 6.07) is 8.19. The molecule has 4 rings (SSSR count). The highest BCUT2D eigenvalue weighted by Gasteiger charge is 2.32. The van der Waals surface area contributed by atoms with Gasteiger partial charge in [-0.2, -0.15) is 0 Å². The summed E-state index contributed by atoms with van der Waals surface area (Å²) in [6.45, 7) is 7.37. The number of halogens is 2. The molecule has 154 valence electrons. The van der Waals surface area contributed by atoms with Gasteiger partial charge in [0.25, 0.3) is 0 Å². The lowest BCUT2D eigenvalue weighted by molar-refractivity contribution is -0.148. The molecule has 0 amide bonds. The third-order valence-corrected chi connectivity index (χ3v) is 7.29. The molecule has 3 heterocycles. The number of hydrogen-bond donors (Lipinski definition) is 2. The first kappa shape index (κ1) is 20.8. The van der Waals surface area contributed by atoms with Crippen LogP contribution in [0.3, 0.4) is 0 Å². The normalized spacial score (nSPS) is 17.1. The van der Waals surface area contributed by atoms with E-state index in [-0.39, 0.29) is 0 Å².